The largest absolute Gasteiger partial charge is 0.379 e. The second kappa shape index (κ2) is 5.38. The molecule has 0 spiro atoms. The van der Waals surface area contributed by atoms with E-state index in [1.54, 1.807) is 18.2 Å². The van der Waals surface area contributed by atoms with Crippen LogP contribution in [0.25, 0.3) is 0 Å². The predicted molar refractivity (Wildman–Crippen MR) is 72.8 cm³/mol. The summed E-state index contributed by atoms with van der Waals surface area (Å²) in [5.74, 6) is 0. The lowest BCUT2D eigenvalue weighted by Crippen LogP contribution is -2.29. The normalized spacial score (nSPS) is 18.3. The molecule has 0 atom stereocenters. The molecule has 0 bridgehead atoms. The van der Waals surface area contributed by atoms with Gasteiger partial charge in [0.05, 0.1) is 4.92 Å². The molecule has 0 heterocycles. The van der Waals surface area contributed by atoms with Gasteiger partial charge in [-0.25, -0.2) is 0 Å². The van der Waals surface area contributed by atoms with Crippen molar-refractivity contribution >= 4 is 11.4 Å². The Bertz CT molecular complexity index is 426. The van der Waals surface area contributed by atoms with Crippen LogP contribution in [0.5, 0.6) is 0 Å². The Morgan fingerprint density at radius 1 is 1.28 bits per heavy atom. The van der Waals surface area contributed by atoms with Crippen molar-refractivity contribution in [1.29, 1.82) is 0 Å². The van der Waals surface area contributed by atoms with Crippen molar-refractivity contribution in [1.82, 2.24) is 0 Å². The predicted octanol–water partition coefficient (Wildman–Crippen LogP) is 3.98. The van der Waals surface area contributed by atoms with Gasteiger partial charge in [0.1, 0.15) is 5.69 Å². The van der Waals surface area contributed by atoms with Crippen LogP contribution in [0.2, 0.25) is 0 Å². The van der Waals surface area contributed by atoms with Gasteiger partial charge in [0.2, 0.25) is 0 Å². The van der Waals surface area contributed by atoms with Crippen LogP contribution in [0.3, 0.4) is 0 Å². The molecule has 18 heavy (non-hydrogen) atoms. The highest BCUT2D eigenvalue weighted by Gasteiger charge is 2.27. The molecule has 4 heteroatoms. The summed E-state index contributed by atoms with van der Waals surface area (Å²) in [6.07, 6.45) is 6.28. The highest BCUT2D eigenvalue weighted by molar-refractivity contribution is 5.61. The Morgan fingerprint density at radius 2 is 1.94 bits per heavy atom. The summed E-state index contributed by atoms with van der Waals surface area (Å²) in [7, 11) is 0. The lowest BCUT2D eigenvalue weighted by atomic mass is 9.76. The summed E-state index contributed by atoms with van der Waals surface area (Å²) >= 11 is 0. The SMILES string of the molecule is CC1(CNc2ccccc2[N+](=O)[O-])CCCCC1. The first-order chi connectivity index (χ1) is 8.61. The number of benzene rings is 1. The summed E-state index contributed by atoms with van der Waals surface area (Å²) < 4.78 is 0. The van der Waals surface area contributed by atoms with Crippen molar-refractivity contribution in [3.63, 3.8) is 0 Å². The molecule has 4 nitrogen and oxygen atoms in total. The average molecular weight is 248 g/mol. The van der Waals surface area contributed by atoms with Gasteiger partial charge in [-0.05, 0) is 24.3 Å². The van der Waals surface area contributed by atoms with Crippen LogP contribution in [-0.4, -0.2) is 11.5 Å². The second-order valence-corrected chi connectivity index (χ2v) is 5.50. The maximum absolute atomic E-state index is 10.9. The van der Waals surface area contributed by atoms with E-state index in [0.29, 0.717) is 5.69 Å². The van der Waals surface area contributed by atoms with Crippen LogP contribution in [-0.2, 0) is 0 Å². The Kier molecular flexibility index (Phi) is 3.84. The lowest BCUT2D eigenvalue weighted by Gasteiger charge is -2.33. The number of rotatable bonds is 4. The highest BCUT2D eigenvalue weighted by atomic mass is 16.6. The number of nitro groups is 1. The molecule has 1 aromatic carbocycles. The topological polar surface area (TPSA) is 55.2 Å². The van der Waals surface area contributed by atoms with Crippen molar-refractivity contribution in [3.05, 3.63) is 34.4 Å². The number of nitro benzene ring substituents is 1. The maximum atomic E-state index is 10.9. The molecule has 1 N–H and O–H groups in total. The van der Waals surface area contributed by atoms with Crippen molar-refractivity contribution in [2.75, 3.05) is 11.9 Å². The molecule has 0 aromatic heterocycles. The fraction of sp³-hybridized carbons (Fsp3) is 0.571. The van der Waals surface area contributed by atoms with Crippen molar-refractivity contribution < 1.29 is 4.92 Å². The van der Waals surface area contributed by atoms with Crippen LogP contribution < -0.4 is 5.32 Å². The van der Waals surface area contributed by atoms with Gasteiger partial charge in [-0.3, -0.25) is 10.1 Å². The molecule has 1 fully saturated rings. The zero-order chi connectivity index (χ0) is 13.0. The van der Waals surface area contributed by atoms with Gasteiger partial charge in [0, 0.05) is 12.6 Å². The quantitative estimate of drug-likeness (QED) is 0.647. The molecule has 1 aromatic rings. The Labute approximate surface area is 108 Å². The van der Waals surface area contributed by atoms with E-state index in [0.717, 1.165) is 6.54 Å². The summed E-state index contributed by atoms with van der Waals surface area (Å²) in [5, 5.41) is 14.2. The van der Waals surface area contributed by atoms with Crippen LogP contribution >= 0.6 is 0 Å². The first-order valence-electron chi connectivity index (χ1n) is 6.58. The molecule has 1 saturated carbocycles. The van der Waals surface area contributed by atoms with E-state index in [9.17, 15) is 10.1 Å². The number of nitrogens with zero attached hydrogens (tertiary/aromatic N) is 1. The van der Waals surface area contributed by atoms with Crippen molar-refractivity contribution in [3.8, 4) is 0 Å². The lowest BCUT2D eigenvalue weighted by molar-refractivity contribution is -0.384. The fourth-order valence-corrected chi connectivity index (χ4v) is 2.67. The monoisotopic (exact) mass is 248 g/mol. The minimum Gasteiger partial charge on any atom is -0.379 e. The molecule has 0 unspecified atom stereocenters. The average Bonchev–Trinajstić information content (AvgIpc) is 2.38. The highest BCUT2D eigenvalue weighted by Crippen LogP contribution is 2.36. The first kappa shape index (κ1) is 12.9. The third-order valence-electron chi connectivity index (χ3n) is 3.87. The van der Waals surface area contributed by atoms with Crippen molar-refractivity contribution in [2.24, 2.45) is 5.41 Å². The molecule has 0 amide bonds. The van der Waals surface area contributed by atoms with Crippen LogP contribution in [0, 0.1) is 15.5 Å². The number of nitrogens with one attached hydrogen (secondary N) is 1. The summed E-state index contributed by atoms with van der Waals surface area (Å²) in [6.45, 7) is 3.09. The smallest absolute Gasteiger partial charge is 0.292 e. The van der Waals surface area contributed by atoms with Gasteiger partial charge < -0.3 is 5.32 Å². The molecule has 0 saturated heterocycles. The molecular formula is C14H20N2O2. The summed E-state index contributed by atoms with van der Waals surface area (Å²) in [6, 6.07) is 6.86. The molecule has 98 valence electrons. The van der Waals surface area contributed by atoms with Crippen molar-refractivity contribution in [2.45, 2.75) is 39.0 Å². The molecular weight excluding hydrogens is 228 g/mol. The van der Waals surface area contributed by atoms with E-state index in [1.807, 2.05) is 6.07 Å². The Morgan fingerprint density at radius 3 is 2.61 bits per heavy atom. The third-order valence-corrected chi connectivity index (χ3v) is 3.87. The van der Waals surface area contributed by atoms with Gasteiger partial charge in [-0.2, -0.15) is 0 Å². The molecule has 1 aliphatic carbocycles. The first-order valence-corrected chi connectivity index (χ1v) is 6.58. The van der Waals surface area contributed by atoms with E-state index >= 15 is 0 Å². The van der Waals surface area contributed by atoms with E-state index in [2.05, 4.69) is 12.2 Å². The summed E-state index contributed by atoms with van der Waals surface area (Å²) in [5.41, 5.74) is 1.08. The van der Waals surface area contributed by atoms with E-state index in [1.165, 1.54) is 32.1 Å². The number of para-hydroxylation sites is 2. The Hall–Kier alpha value is -1.58. The van der Waals surface area contributed by atoms with E-state index in [4.69, 9.17) is 0 Å². The summed E-state index contributed by atoms with van der Waals surface area (Å²) in [4.78, 5) is 10.6. The zero-order valence-electron chi connectivity index (χ0n) is 10.8. The van der Waals surface area contributed by atoms with Gasteiger partial charge in [0.15, 0.2) is 0 Å². The van der Waals surface area contributed by atoms with Gasteiger partial charge in [-0.15, -0.1) is 0 Å². The van der Waals surface area contributed by atoms with E-state index in [-0.39, 0.29) is 16.0 Å². The standard InChI is InChI=1S/C14H20N2O2/c1-14(9-5-2-6-10-14)11-15-12-7-3-4-8-13(12)16(17)18/h3-4,7-8,15H,2,5-6,9-11H2,1H3. The Balaban J connectivity index is 2.03. The molecule has 2 rings (SSSR count). The van der Waals surface area contributed by atoms with E-state index < -0.39 is 0 Å². The number of anilines is 1. The minimum atomic E-state index is -0.328. The molecule has 1 aliphatic rings. The van der Waals surface area contributed by atoms with Gasteiger partial charge in [0.25, 0.3) is 5.69 Å². The van der Waals surface area contributed by atoms with Crippen LogP contribution in [0.4, 0.5) is 11.4 Å². The van der Waals surface area contributed by atoms with Gasteiger partial charge in [-0.1, -0.05) is 38.3 Å². The molecule has 0 radical (unpaired) electrons. The maximum Gasteiger partial charge on any atom is 0.292 e. The molecule has 0 aliphatic heterocycles. The zero-order valence-corrected chi connectivity index (χ0v) is 10.8. The second-order valence-electron chi connectivity index (χ2n) is 5.50. The van der Waals surface area contributed by atoms with Crippen LogP contribution in [0.1, 0.15) is 39.0 Å². The third kappa shape index (κ3) is 3.00. The van der Waals surface area contributed by atoms with Gasteiger partial charge >= 0.3 is 0 Å². The van der Waals surface area contributed by atoms with Crippen LogP contribution in [0.15, 0.2) is 24.3 Å². The fourth-order valence-electron chi connectivity index (χ4n) is 2.67. The minimum absolute atomic E-state index is 0.164. The number of hydrogen-bond donors (Lipinski definition) is 1. The number of hydrogen-bond acceptors (Lipinski definition) is 3.